The van der Waals surface area contributed by atoms with Gasteiger partial charge in [0.05, 0.1) is 16.5 Å². The maximum atomic E-state index is 13.4. The van der Waals surface area contributed by atoms with Crippen LogP contribution in [0, 0.1) is 11.7 Å². The third-order valence-electron chi connectivity index (χ3n) is 3.80. The summed E-state index contributed by atoms with van der Waals surface area (Å²) in [5.41, 5.74) is 6.37. The molecule has 2 aromatic rings. The van der Waals surface area contributed by atoms with Gasteiger partial charge >= 0.3 is 0 Å². The van der Waals surface area contributed by atoms with Crippen LogP contribution < -0.4 is 16.4 Å². The first-order chi connectivity index (χ1) is 12.2. The highest BCUT2D eigenvalue weighted by Gasteiger charge is 2.56. The van der Waals surface area contributed by atoms with Crippen LogP contribution in [-0.2, 0) is 4.79 Å². The van der Waals surface area contributed by atoms with Gasteiger partial charge in [0.25, 0.3) is 5.91 Å². The summed E-state index contributed by atoms with van der Waals surface area (Å²) < 4.78 is 12.3. The fourth-order valence-electron chi connectivity index (χ4n) is 2.39. The Labute approximate surface area is 163 Å². The monoisotopic (exact) mass is 415 g/mol. The van der Waals surface area contributed by atoms with Gasteiger partial charge in [0.1, 0.15) is 10.2 Å². The van der Waals surface area contributed by atoms with Crippen molar-refractivity contribution in [3.05, 3.63) is 52.8 Å². The minimum Gasteiger partial charge on any atom is -0.399 e. The Bertz CT molecular complexity index is 885. The molecule has 1 atom stereocenters. The second-order valence-corrected chi connectivity index (χ2v) is 7.88. The van der Waals surface area contributed by atoms with Gasteiger partial charge in [0.15, 0.2) is 0 Å². The normalized spacial score (nSPS) is 17.5. The summed E-state index contributed by atoms with van der Waals surface area (Å²) in [6, 6.07) is 8.09. The number of carbonyl (C=O) groups excluding carboxylic acids is 2. The van der Waals surface area contributed by atoms with Gasteiger partial charge in [-0.1, -0.05) is 11.6 Å². The van der Waals surface area contributed by atoms with E-state index in [1.807, 2.05) is 0 Å². The first-order valence-electron chi connectivity index (χ1n) is 7.51. The lowest BCUT2D eigenvalue weighted by Gasteiger charge is -2.11. The number of halogens is 4. The minimum absolute atomic E-state index is 0.103. The van der Waals surface area contributed by atoms with Crippen LogP contribution in [0.25, 0.3) is 0 Å². The molecule has 0 heterocycles. The van der Waals surface area contributed by atoms with Crippen LogP contribution in [-0.4, -0.2) is 16.1 Å². The minimum atomic E-state index is -1.05. The summed E-state index contributed by atoms with van der Waals surface area (Å²) in [6.45, 7) is 0. The molecule has 1 saturated carbocycles. The highest BCUT2D eigenvalue weighted by Crippen LogP contribution is 2.53. The second kappa shape index (κ2) is 6.95. The van der Waals surface area contributed by atoms with Crippen LogP contribution >= 0.6 is 34.8 Å². The molecule has 1 aliphatic rings. The van der Waals surface area contributed by atoms with Gasteiger partial charge in [-0.05, 0) is 42.8 Å². The lowest BCUT2D eigenvalue weighted by atomic mass is 10.1. The predicted octanol–water partition coefficient (Wildman–Crippen LogP) is 4.45. The largest absolute Gasteiger partial charge is 0.399 e. The number of rotatable bonds is 4. The standard InChI is InChI=1S/C17H13Cl3FN3O2/c18-14-2-1-10(23-16(26)13-7-17(13,19)20)6-12(14)15(25)24-11-4-8(21)3-9(22)5-11/h1-6,13H,7,22H2,(H,23,26)(H,24,25). The van der Waals surface area contributed by atoms with Crippen LogP contribution in [0.2, 0.25) is 5.02 Å². The van der Waals surface area contributed by atoms with Crippen LogP contribution in [0.15, 0.2) is 36.4 Å². The molecule has 5 nitrogen and oxygen atoms in total. The number of amides is 2. The maximum Gasteiger partial charge on any atom is 0.257 e. The van der Waals surface area contributed by atoms with Crippen molar-refractivity contribution in [3.63, 3.8) is 0 Å². The van der Waals surface area contributed by atoms with Gasteiger partial charge in [-0.15, -0.1) is 23.2 Å². The molecule has 1 unspecified atom stereocenters. The van der Waals surface area contributed by atoms with Crippen molar-refractivity contribution in [1.29, 1.82) is 0 Å². The number of alkyl halides is 2. The van der Waals surface area contributed by atoms with Gasteiger partial charge in [-0.3, -0.25) is 9.59 Å². The SMILES string of the molecule is Nc1cc(F)cc(NC(=O)c2cc(NC(=O)C3CC3(Cl)Cl)ccc2Cl)c1. The molecule has 3 rings (SSSR count). The van der Waals surface area contributed by atoms with E-state index in [0.29, 0.717) is 12.1 Å². The lowest BCUT2D eigenvalue weighted by Crippen LogP contribution is -2.18. The smallest absolute Gasteiger partial charge is 0.257 e. The Morgan fingerprint density at radius 3 is 2.42 bits per heavy atom. The number of benzene rings is 2. The number of hydrogen-bond donors (Lipinski definition) is 3. The highest BCUT2D eigenvalue weighted by molar-refractivity contribution is 6.52. The first kappa shape index (κ1) is 18.8. The summed E-state index contributed by atoms with van der Waals surface area (Å²) in [5.74, 6) is -2.01. The first-order valence-corrected chi connectivity index (χ1v) is 8.65. The van der Waals surface area contributed by atoms with Crippen molar-refractivity contribution in [2.75, 3.05) is 16.4 Å². The zero-order valence-corrected chi connectivity index (χ0v) is 15.4. The molecule has 2 amide bonds. The van der Waals surface area contributed by atoms with E-state index in [4.69, 9.17) is 40.5 Å². The van der Waals surface area contributed by atoms with Crippen LogP contribution in [0.4, 0.5) is 21.5 Å². The van der Waals surface area contributed by atoms with Gasteiger partial charge in [0.2, 0.25) is 5.91 Å². The van der Waals surface area contributed by atoms with Crippen molar-refractivity contribution in [3.8, 4) is 0 Å². The number of nitrogens with one attached hydrogen (secondary N) is 2. The topological polar surface area (TPSA) is 84.2 Å². The molecule has 136 valence electrons. The molecular weight excluding hydrogens is 404 g/mol. The highest BCUT2D eigenvalue weighted by atomic mass is 35.5. The third kappa shape index (κ3) is 4.20. The third-order valence-corrected chi connectivity index (χ3v) is 4.96. The van der Waals surface area contributed by atoms with E-state index in [2.05, 4.69) is 10.6 Å². The number of nitrogen functional groups attached to an aromatic ring is 1. The molecule has 26 heavy (non-hydrogen) atoms. The zero-order valence-electron chi connectivity index (χ0n) is 13.2. The van der Waals surface area contributed by atoms with Crippen LogP contribution in [0.5, 0.6) is 0 Å². The fourth-order valence-corrected chi connectivity index (χ4v) is 3.10. The van der Waals surface area contributed by atoms with E-state index in [9.17, 15) is 14.0 Å². The molecule has 9 heteroatoms. The quantitative estimate of drug-likeness (QED) is 0.509. The van der Waals surface area contributed by atoms with E-state index in [1.54, 1.807) is 6.07 Å². The summed E-state index contributed by atoms with van der Waals surface area (Å²) in [4.78, 5) is 24.5. The summed E-state index contributed by atoms with van der Waals surface area (Å²) in [6.07, 6.45) is 0.365. The number of anilines is 3. The van der Waals surface area contributed by atoms with Crippen LogP contribution in [0.1, 0.15) is 16.8 Å². The van der Waals surface area contributed by atoms with Crippen molar-refractivity contribution >= 4 is 63.7 Å². The van der Waals surface area contributed by atoms with Gasteiger partial charge < -0.3 is 16.4 Å². The van der Waals surface area contributed by atoms with Crippen molar-refractivity contribution in [2.24, 2.45) is 5.92 Å². The Hall–Kier alpha value is -2.02. The summed E-state index contributed by atoms with van der Waals surface area (Å²) >= 11 is 17.8. The average Bonchev–Trinajstić information content (AvgIpc) is 3.17. The molecule has 0 spiro atoms. The molecule has 0 aromatic heterocycles. The van der Waals surface area contributed by atoms with Crippen LogP contribution in [0.3, 0.4) is 0 Å². The molecule has 1 aliphatic carbocycles. The lowest BCUT2D eigenvalue weighted by molar-refractivity contribution is -0.117. The predicted molar refractivity (Wildman–Crippen MR) is 101 cm³/mol. The molecule has 0 bridgehead atoms. The molecule has 0 saturated heterocycles. The Balaban J connectivity index is 1.76. The van der Waals surface area contributed by atoms with Gasteiger partial charge in [-0.25, -0.2) is 4.39 Å². The molecule has 0 aliphatic heterocycles. The van der Waals surface area contributed by atoms with Crippen molar-refractivity contribution < 1.29 is 14.0 Å². The van der Waals surface area contributed by atoms with E-state index < -0.39 is 22.0 Å². The molecule has 4 N–H and O–H groups in total. The Kier molecular flexibility index (Phi) is 5.01. The zero-order chi connectivity index (χ0) is 19.1. The number of carbonyl (C=O) groups is 2. The van der Waals surface area contributed by atoms with Gasteiger partial charge in [0, 0.05) is 17.1 Å². The number of hydrogen-bond acceptors (Lipinski definition) is 3. The average molecular weight is 417 g/mol. The maximum absolute atomic E-state index is 13.4. The van der Waals surface area contributed by atoms with E-state index >= 15 is 0 Å². The van der Waals surface area contributed by atoms with Crippen molar-refractivity contribution in [1.82, 2.24) is 0 Å². The second-order valence-electron chi connectivity index (χ2n) is 5.93. The van der Waals surface area contributed by atoms with E-state index in [0.717, 1.165) is 12.1 Å². The molecular formula is C17H13Cl3FN3O2. The Morgan fingerprint density at radius 1 is 1.12 bits per heavy atom. The number of nitrogens with two attached hydrogens (primary N) is 1. The van der Waals surface area contributed by atoms with E-state index in [1.165, 1.54) is 18.2 Å². The van der Waals surface area contributed by atoms with E-state index in [-0.39, 0.29) is 27.9 Å². The fraction of sp³-hybridized carbons (Fsp3) is 0.176. The Morgan fingerprint density at radius 2 is 1.81 bits per heavy atom. The van der Waals surface area contributed by atoms with Crippen molar-refractivity contribution in [2.45, 2.75) is 10.8 Å². The summed E-state index contributed by atoms with van der Waals surface area (Å²) in [7, 11) is 0. The summed E-state index contributed by atoms with van der Waals surface area (Å²) in [5, 5.41) is 5.32. The van der Waals surface area contributed by atoms with Gasteiger partial charge in [-0.2, -0.15) is 0 Å². The molecule has 0 radical (unpaired) electrons. The molecule has 1 fully saturated rings. The molecule has 2 aromatic carbocycles.